The molecule has 41 heavy (non-hydrogen) atoms. The summed E-state index contributed by atoms with van der Waals surface area (Å²) in [4.78, 5) is 21.1. The molecule has 0 aliphatic heterocycles. The van der Waals surface area contributed by atoms with Gasteiger partial charge in [-0.05, 0) is 18.2 Å². The van der Waals surface area contributed by atoms with E-state index in [9.17, 15) is 77.3 Å². The van der Waals surface area contributed by atoms with E-state index >= 15 is 0 Å². The van der Waals surface area contributed by atoms with Gasteiger partial charge in [-0.2, -0.15) is 57.1 Å². The molecule has 0 unspecified atom stereocenters. The maximum Gasteiger partial charge on any atom is 0.460 e. The van der Waals surface area contributed by atoms with Crippen molar-refractivity contribution in [1.82, 2.24) is 0 Å². The summed E-state index contributed by atoms with van der Waals surface area (Å²) < 4.78 is 175. The summed E-state index contributed by atoms with van der Waals surface area (Å²) >= 11 is 0. The second-order valence-electron chi connectivity index (χ2n) is 8.00. The zero-order valence-corrected chi connectivity index (χ0v) is 19.4. The Morgan fingerprint density at radius 1 is 0.707 bits per heavy atom. The van der Waals surface area contributed by atoms with Crippen molar-refractivity contribution in [3.63, 3.8) is 0 Å². The average molecular weight is 617 g/mol. The van der Waals surface area contributed by atoms with Crippen LogP contribution in [-0.2, 0) is 5.92 Å². The number of anilines is 2. The van der Waals surface area contributed by atoms with Crippen LogP contribution >= 0.6 is 0 Å². The van der Waals surface area contributed by atoms with Crippen molar-refractivity contribution in [1.29, 1.82) is 0 Å². The molecule has 2 aromatic carbocycles. The monoisotopic (exact) mass is 617 g/mol. The van der Waals surface area contributed by atoms with Gasteiger partial charge in [-0.1, -0.05) is 18.2 Å². The van der Waals surface area contributed by atoms with E-state index < -0.39 is 80.5 Å². The van der Waals surface area contributed by atoms with Gasteiger partial charge in [-0.3, -0.25) is 20.2 Å². The Morgan fingerprint density at radius 3 is 1.61 bits per heavy atom. The van der Waals surface area contributed by atoms with Crippen LogP contribution in [-0.4, -0.2) is 46.3 Å². The third-order valence-electron chi connectivity index (χ3n) is 5.44. The molecule has 0 fully saturated rings. The molecule has 0 atom stereocenters. The minimum atomic E-state index is -8.05. The van der Waals surface area contributed by atoms with Crippen molar-refractivity contribution in [2.24, 2.45) is 0 Å². The zero-order chi connectivity index (χ0) is 32.0. The fourth-order valence-corrected chi connectivity index (χ4v) is 3.27. The van der Waals surface area contributed by atoms with E-state index in [4.69, 9.17) is 0 Å². The van der Waals surface area contributed by atoms with Gasteiger partial charge in [0.2, 0.25) is 0 Å². The van der Waals surface area contributed by atoms with Gasteiger partial charge in [0.1, 0.15) is 5.69 Å². The molecule has 226 valence electrons. The highest BCUT2D eigenvalue weighted by atomic mass is 19.4. The molecule has 0 radical (unpaired) electrons. The first-order valence-electron chi connectivity index (χ1n) is 10.3. The lowest BCUT2D eigenvalue weighted by Gasteiger charge is -2.39. The smallest absolute Gasteiger partial charge is 0.332 e. The number of alkyl halides is 13. The number of nitrogens with zero attached hydrogens (tertiary/aromatic N) is 3. The average Bonchev–Trinajstić information content (AvgIpc) is 2.85. The number of non-ortho nitro benzene ring substituents is 1. The van der Waals surface area contributed by atoms with E-state index in [0.29, 0.717) is 18.2 Å². The van der Waals surface area contributed by atoms with Crippen molar-refractivity contribution in [3.05, 3.63) is 80.9 Å². The summed E-state index contributed by atoms with van der Waals surface area (Å²) in [6.45, 7) is 2.87. The van der Waals surface area contributed by atoms with Crippen molar-refractivity contribution in [2.75, 3.05) is 11.4 Å². The van der Waals surface area contributed by atoms with Crippen LogP contribution in [0.1, 0.15) is 5.56 Å². The van der Waals surface area contributed by atoms with Crippen LogP contribution in [0.25, 0.3) is 0 Å². The van der Waals surface area contributed by atoms with Crippen LogP contribution in [0.2, 0.25) is 0 Å². The van der Waals surface area contributed by atoms with Crippen LogP contribution < -0.4 is 4.90 Å². The molecule has 0 heterocycles. The molecule has 0 aliphatic carbocycles. The lowest BCUT2D eigenvalue weighted by atomic mass is 9.90. The third-order valence-corrected chi connectivity index (χ3v) is 5.44. The van der Waals surface area contributed by atoms with E-state index in [-0.39, 0.29) is 12.1 Å². The minimum Gasteiger partial charge on any atom is -0.332 e. The highest BCUT2D eigenvalue weighted by molar-refractivity contribution is 5.74. The normalized spacial score (nSPS) is 13.6. The number of nitro groups is 2. The Morgan fingerprint density at radius 2 is 1.20 bits per heavy atom. The summed E-state index contributed by atoms with van der Waals surface area (Å²) in [7, 11) is 0. The number of halogens is 13. The Balaban J connectivity index is 2.61. The third kappa shape index (κ3) is 5.21. The van der Waals surface area contributed by atoms with Gasteiger partial charge in [-0.25, -0.2) is 0 Å². The lowest BCUT2D eigenvalue weighted by molar-refractivity contribution is -0.441. The van der Waals surface area contributed by atoms with Crippen LogP contribution in [0.4, 0.5) is 79.8 Å². The predicted molar refractivity (Wildman–Crippen MR) is 113 cm³/mol. The van der Waals surface area contributed by atoms with E-state index in [1.807, 2.05) is 0 Å². The number of hydrogen-bond donors (Lipinski definition) is 0. The molecular formula is C21H12F13N3O4. The molecule has 2 aromatic rings. The molecule has 2 rings (SSSR count). The predicted octanol–water partition coefficient (Wildman–Crippen LogP) is 8.02. The van der Waals surface area contributed by atoms with Gasteiger partial charge < -0.3 is 4.90 Å². The maximum absolute atomic E-state index is 14.5. The summed E-state index contributed by atoms with van der Waals surface area (Å²) in [6, 6.07) is 2.65. The highest BCUT2D eigenvalue weighted by Crippen LogP contribution is 2.62. The molecule has 0 aliphatic rings. The Hall–Kier alpha value is -4.13. The van der Waals surface area contributed by atoms with E-state index in [1.54, 1.807) is 0 Å². The second-order valence-corrected chi connectivity index (χ2v) is 8.00. The largest absolute Gasteiger partial charge is 0.460 e. The van der Waals surface area contributed by atoms with Gasteiger partial charge in [0.25, 0.3) is 11.4 Å². The fraction of sp³-hybridized carbons (Fsp3) is 0.333. The molecule has 0 amide bonds. The summed E-state index contributed by atoms with van der Waals surface area (Å²) in [5.74, 6) is -37.9. The number of hydrogen-bond acceptors (Lipinski definition) is 5. The van der Waals surface area contributed by atoms with E-state index in [1.165, 1.54) is 0 Å². The Kier molecular flexibility index (Phi) is 8.36. The van der Waals surface area contributed by atoms with E-state index in [0.717, 1.165) is 23.1 Å². The topological polar surface area (TPSA) is 89.5 Å². The van der Waals surface area contributed by atoms with Gasteiger partial charge >= 0.3 is 35.8 Å². The molecule has 0 bridgehead atoms. The van der Waals surface area contributed by atoms with Crippen molar-refractivity contribution >= 4 is 22.7 Å². The number of rotatable bonds is 11. The van der Waals surface area contributed by atoms with Crippen molar-refractivity contribution < 1.29 is 66.9 Å². The van der Waals surface area contributed by atoms with Gasteiger partial charge in [0, 0.05) is 23.9 Å². The quantitative estimate of drug-likeness (QED) is 0.110. The first-order valence-corrected chi connectivity index (χ1v) is 10.3. The van der Waals surface area contributed by atoms with Gasteiger partial charge in [0.05, 0.1) is 15.9 Å². The fourth-order valence-electron chi connectivity index (χ4n) is 3.27. The lowest BCUT2D eigenvalue weighted by Crippen LogP contribution is -2.69. The summed E-state index contributed by atoms with van der Waals surface area (Å²) in [5, 5.41) is 22.4. The Bertz CT molecular complexity index is 1330. The molecule has 7 nitrogen and oxygen atoms in total. The first-order chi connectivity index (χ1) is 18.4. The maximum atomic E-state index is 14.5. The summed E-state index contributed by atoms with van der Waals surface area (Å²) in [5.41, 5.74) is -4.86. The van der Waals surface area contributed by atoms with Crippen molar-refractivity contribution in [3.8, 4) is 0 Å². The van der Waals surface area contributed by atoms with E-state index in [2.05, 4.69) is 6.58 Å². The van der Waals surface area contributed by atoms with Crippen LogP contribution in [0.5, 0.6) is 0 Å². The molecule has 20 heteroatoms. The van der Waals surface area contributed by atoms with Crippen LogP contribution in [0.15, 0.2) is 55.1 Å². The van der Waals surface area contributed by atoms with Crippen LogP contribution in [0.3, 0.4) is 0 Å². The highest BCUT2D eigenvalue weighted by Gasteiger charge is 2.90. The molecule has 0 spiro atoms. The Labute approximate surface area is 218 Å². The molecule has 0 saturated heterocycles. The molecular weight excluding hydrogens is 605 g/mol. The first kappa shape index (κ1) is 33.1. The minimum absolute atomic E-state index is 0.118. The second kappa shape index (κ2) is 10.4. The molecule has 0 aromatic heterocycles. The number of benzene rings is 2. The SMILES string of the molecule is C=CCN(c1ccc(C(F)(F)C(F)(F)C(F)(F)C(F)(F)C(F)(F)C(F)(F)F)cc1)c1ccc([N+](=O)[O-])cc1[N+](=O)[O-]. The summed E-state index contributed by atoms with van der Waals surface area (Å²) in [6.07, 6.45) is -6.49. The number of nitro benzene ring substituents is 2. The standard InChI is InChI=1S/C21H12F13N3O4/c1-2-9-35(14-8-7-13(36(38)39)10-15(14)37(40)41)12-5-3-11(4-6-12)16(22,23)17(24,25)18(26,27)19(28,29)20(30,31)21(32,33)34/h2-8,10H,1,9H2. The van der Waals surface area contributed by atoms with Crippen molar-refractivity contribution in [2.45, 2.75) is 35.8 Å². The van der Waals surface area contributed by atoms with Gasteiger partial charge in [-0.15, -0.1) is 6.58 Å². The van der Waals surface area contributed by atoms with Crippen LogP contribution in [0, 0.1) is 20.2 Å². The molecule has 0 saturated carbocycles. The molecule has 0 N–H and O–H groups in total. The zero-order valence-electron chi connectivity index (χ0n) is 19.4. The van der Waals surface area contributed by atoms with Gasteiger partial charge in [0.15, 0.2) is 0 Å².